The van der Waals surface area contributed by atoms with Crippen LogP contribution in [0.4, 0.5) is 0 Å². The summed E-state index contributed by atoms with van der Waals surface area (Å²) in [7, 11) is 0. The maximum absolute atomic E-state index is 13.3. The molecule has 0 radical (unpaired) electrons. The largest absolute Gasteiger partial charge is 0.463 e. The second-order valence-corrected chi connectivity index (χ2v) is 11.8. The van der Waals surface area contributed by atoms with Gasteiger partial charge in [-0.15, -0.1) is 0 Å². The molecule has 0 unspecified atom stereocenters. The molecule has 8 heteroatoms. The fraction of sp³-hybridized carbons (Fsp3) is 0.516. The van der Waals surface area contributed by atoms with Crippen molar-refractivity contribution in [3.8, 4) is 0 Å². The smallest absolute Gasteiger partial charge is 0.347 e. The Bertz CT molecular complexity index is 1160. The first-order valence-electron chi connectivity index (χ1n) is 13.9. The van der Waals surface area contributed by atoms with E-state index < -0.39 is 5.97 Å². The van der Waals surface area contributed by atoms with Crippen LogP contribution in [0.1, 0.15) is 66.6 Å². The van der Waals surface area contributed by atoms with Crippen molar-refractivity contribution < 1.29 is 19.2 Å². The Morgan fingerprint density at radius 3 is 2.21 bits per heavy atom. The molecule has 0 aromatic heterocycles. The SMILES string of the molecule is CCOC(=O)CO/N=C(/c1ccc(Br)cc1)C1CCN(C2(C)CCN(C(=O)c3c(C)cccc3C)CC2)CC1. The first-order valence-corrected chi connectivity index (χ1v) is 14.7. The lowest BCUT2D eigenvalue weighted by Gasteiger charge is -2.49. The summed E-state index contributed by atoms with van der Waals surface area (Å²) in [6, 6.07) is 14.1. The molecule has 2 aliphatic heterocycles. The molecule has 2 saturated heterocycles. The second-order valence-electron chi connectivity index (χ2n) is 10.9. The van der Waals surface area contributed by atoms with E-state index in [1.54, 1.807) is 6.92 Å². The van der Waals surface area contributed by atoms with Gasteiger partial charge in [-0.3, -0.25) is 9.69 Å². The third-order valence-electron chi connectivity index (χ3n) is 8.26. The van der Waals surface area contributed by atoms with Crippen LogP contribution in [0.3, 0.4) is 0 Å². The van der Waals surface area contributed by atoms with Gasteiger partial charge in [0.1, 0.15) is 0 Å². The number of piperidine rings is 2. The zero-order chi connectivity index (χ0) is 28.0. The van der Waals surface area contributed by atoms with Gasteiger partial charge in [-0.2, -0.15) is 0 Å². The lowest BCUT2D eigenvalue weighted by atomic mass is 9.82. The minimum atomic E-state index is -0.415. The number of ether oxygens (including phenoxy) is 1. The normalized spacial score (nSPS) is 18.6. The van der Waals surface area contributed by atoms with Crippen molar-refractivity contribution >= 4 is 33.5 Å². The van der Waals surface area contributed by atoms with Crippen molar-refractivity contribution in [2.45, 2.75) is 58.9 Å². The van der Waals surface area contributed by atoms with Crippen LogP contribution >= 0.6 is 15.9 Å². The summed E-state index contributed by atoms with van der Waals surface area (Å²) in [5.74, 6) is -0.0231. The molecule has 39 heavy (non-hydrogen) atoms. The molecule has 7 nitrogen and oxygen atoms in total. The van der Waals surface area contributed by atoms with Crippen molar-refractivity contribution in [3.05, 3.63) is 69.2 Å². The van der Waals surface area contributed by atoms with Crippen molar-refractivity contribution in [2.24, 2.45) is 11.1 Å². The summed E-state index contributed by atoms with van der Waals surface area (Å²) in [5, 5.41) is 4.43. The highest BCUT2D eigenvalue weighted by molar-refractivity contribution is 9.10. The van der Waals surface area contributed by atoms with Gasteiger partial charge in [-0.25, -0.2) is 4.79 Å². The van der Waals surface area contributed by atoms with E-state index in [4.69, 9.17) is 9.57 Å². The molecule has 0 saturated carbocycles. The highest BCUT2D eigenvalue weighted by Crippen LogP contribution is 2.34. The summed E-state index contributed by atoms with van der Waals surface area (Å²) in [5.41, 5.74) is 4.90. The highest BCUT2D eigenvalue weighted by Gasteiger charge is 2.39. The topological polar surface area (TPSA) is 71.4 Å². The van der Waals surface area contributed by atoms with Crippen LogP contribution in [0, 0.1) is 19.8 Å². The molecule has 0 bridgehead atoms. The maximum Gasteiger partial charge on any atom is 0.347 e. The van der Waals surface area contributed by atoms with Crippen LogP contribution in [0.15, 0.2) is 52.1 Å². The summed E-state index contributed by atoms with van der Waals surface area (Å²) >= 11 is 3.51. The van der Waals surface area contributed by atoms with Crippen LogP contribution in [-0.4, -0.2) is 72.3 Å². The van der Waals surface area contributed by atoms with E-state index in [1.807, 2.05) is 61.2 Å². The number of carbonyl (C=O) groups excluding carboxylic acids is 2. The van der Waals surface area contributed by atoms with Crippen molar-refractivity contribution in [1.29, 1.82) is 0 Å². The molecule has 2 aromatic carbocycles. The highest BCUT2D eigenvalue weighted by atomic mass is 79.9. The minimum Gasteiger partial charge on any atom is -0.463 e. The van der Waals surface area contributed by atoms with Crippen LogP contribution in [0.5, 0.6) is 0 Å². The van der Waals surface area contributed by atoms with E-state index in [2.05, 4.69) is 32.9 Å². The molecule has 210 valence electrons. The molecule has 0 spiro atoms. The number of oxime groups is 1. The number of carbonyl (C=O) groups is 2. The number of hydrogen-bond acceptors (Lipinski definition) is 6. The van der Waals surface area contributed by atoms with Gasteiger partial charge in [0, 0.05) is 34.6 Å². The molecule has 0 atom stereocenters. The zero-order valence-corrected chi connectivity index (χ0v) is 25.1. The fourth-order valence-corrected chi connectivity index (χ4v) is 6.12. The van der Waals surface area contributed by atoms with Crippen LogP contribution in [-0.2, 0) is 14.4 Å². The van der Waals surface area contributed by atoms with Crippen molar-refractivity contribution in [2.75, 3.05) is 39.4 Å². The zero-order valence-electron chi connectivity index (χ0n) is 23.5. The van der Waals surface area contributed by atoms with E-state index >= 15 is 0 Å². The number of hydrogen-bond donors (Lipinski definition) is 0. The Kier molecular flexibility index (Phi) is 9.83. The Balaban J connectivity index is 1.38. The van der Waals surface area contributed by atoms with E-state index in [0.717, 1.165) is 84.3 Å². The molecular weight excluding hydrogens is 558 g/mol. The van der Waals surface area contributed by atoms with Gasteiger partial charge in [-0.1, -0.05) is 51.4 Å². The van der Waals surface area contributed by atoms with Crippen molar-refractivity contribution in [1.82, 2.24) is 9.80 Å². The molecule has 2 aliphatic rings. The first-order chi connectivity index (χ1) is 18.7. The first kappa shape index (κ1) is 29.3. The average Bonchev–Trinajstić information content (AvgIpc) is 2.92. The Labute approximate surface area is 240 Å². The number of nitrogens with zero attached hydrogens (tertiary/aromatic N) is 3. The summed E-state index contributed by atoms with van der Waals surface area (Å²) in [4.78, 5) is 35.2. The van der Waals surface area contributed by atoms with Gasteiger partial charge < -0.3 is 14.5 Å². The fourth-order valence-electron chi connectivity index (χ4n) is 5.85. The molecule has 0 N–H and O–H groups in total. The second kappa shape index (κ2) is 13.1. The number of rotatable bonds is 8. The van der Waals surface area contributed by atoms with Gasteiger partial charge in [-0.05, 0) is 95.3 Å². The van der Waals surface area contributed by atoms with Gasteiger partial charge >= 0.3 is 5.97 Å². The average molecular weight is 599 g/mol. The Morgan fingerprint density at radius 1 is 1.00 bits per heavy atom. The monoisotopic (exact) mass is 597 g/mol. The van der Waals surface area contributed by atoms with Crippen molar-refractivity contribution in [3.63, 3.8) is 0 Å². The maximum atomic E-state index is 13.3. The molecule has 2 aromatic rings. The van der Waals surface area contributed by atoms with Gasteiger partial charge in [0.05, 0.1) is 12.3 Å². The number of likely N-dealkylation sites (tertiary alicyclic amines) is 2. The third kappa shape index (κ3) is 7.09. The number of esters is 1. The lowest BCUT2D eigenvalue weighted by Crippen LogP contribution is -2.56. The van der Waals surface area contributed by atoms with Gasteiger partial charge in [0.25, 0.3) is 5.91 Å². The van der Waals surface area contributed by atoms with Gasteiger partial charge in [0.2, 0.25) is 6.61 Å². The number of aryl methyl sites for hydroxylation is 2. The number of halogens is 1. The lowest BCUT2D eigenvalue weighted by molar-refractivity contribution is -0.148. The van der Waals surface area contributed by atoms with E-state index in [1.165, 1.54) is 0 Å². The predicted molar refractivity (Wildman–Crippen MR) is 157 cm³/mol. The molecule has 1 amide bonds. The van der Waals surface area contributed by atoms with Crippen LogP contribution in [0.2, 0.25) is 0 Å². The molecular formula is C31H40BrN3O4. The van der Waals surface area contributed by atoms with E-state index in [0.29, 0.717) is 6.61 Å². The third-order valence-corrected chi connectivity index (χ3v) is 8.79. The minimum absolute atomic E-state index is 0.0673. The Hall–Kier alpha value is -2.71. The standard InChI is InChI=1S/C31H40BrN3O4/c1-5-38-27(36)21-39-33-29(24-9-11-26(32)12-10-24)25-13-17-35(18-14-25)31(4)15-19-34(20-16-31)30(37)28-22(2)7-6-8-23(28)3/h6-12,25H,5,13-21H2,1-4H3/b33-29-. The Morgan fingerprint density at radius 2 is 1.62 bits per heavy atom. The summed E-state index contributed by atoms with van der Waals surface area (Å²) in [6.07, 6.45) is 3.84. The molecule has 0 aliphatic carbocycles. The quantitative estimate of drug-likeness (QED) is 0.220. The molecule has 2 fully saturated rings. The van der Waals surface area contributed by atoms with E-state index in [-0.39, 0.29) is 24.0 Å². The van der Waals surface area contributed by atoms with Gasteiger partial charge in [0.15, 0.2) is 0 Å². The molecule has 4 rings (SSSR count). The number of amides is 1. The van der Waals surface area contributed by atoms with Crippen LogP contribution in [0.25, 0.3) is 0 Å². The van der Waals surface area contributed by atoms with Crippen LogP contribution < -0.4 is 0 Å². The predicted octanol–water partition coefficient (Wildman–Crippen LogP) is 5.76. The number of benzene rings is 2. The summed E-state index contributed by atoms with van der Waals surface area (Å²) in [6.45, 7) is 11.8. The van der Waals surface area contributed by atoms with E-state index in [9.17, 15) is 9.59 Å². The molecule has 2 heterocycles. The summed E-state index contributed by atoms with van der Waals surface area (Å²) < 4.78 is 5.97.